The van der Waals surface area contributed by atoms with Gasteiger partial charge in [-0.25, -0.2) is 9.59 Å². The average molecular weight is 384 g/mol. The zero-order valence-corrected chi connectivity index (χ0v) is 15.8. The third kappa shape index (κ3) is 3.48. The highest BCUT2D eigenvalue weighted by atomic mass is 16.5. The molecule has 146 valence electrons. The summed E-state index contributed by atoms with van der Waals surface area (Å²) >= 11 is 0. The van der Waals surface area contributed by atoms with E-state index in [0.29, 0.717) is 30.2 Å². The highest BCUT2D eigenvalue weighted by Gasteiger charge is 2.29. The quantitative estimate of drug-likeness (QED) is 0.733. The maximum atomic E-state index is 12.6. The molecular formula is C20H20N2O6. The van der Waals surface area contributed by atoms with Crippen molar-refractivity contribution in [1.82, 2.24) is 4.90 Å². The van der Waals surface area contributed by atoms with E-state index in [1.54, 1.807) is 48.5 Å². The minimum atomic E-state index is -0.716. The lowest BCUT2D eigenvalue weighted by atomic mass is 10.1. The number of nitrogens with zero attached hydrogens (tertiary/aromatic N) is 2. The van der Waals surface area contributed by atoms with Gasteiger partial charge in [0, 0.05) is 18.9 Å². The lowest BCUT2D eigenvalue weighted by Crippen LogP contribution is -2.28. The zero-order chi connectivity index (χ0) is 20.3. The first-order valence-corrected chi connectivity index (χ1v) is 8.55. The lowest BCUT2D eigenvalue weighted by Gasteiger charge is -2.24. The van der Waals surface area contributed by atoms with Crippen LogP contribution < -0.4 is 9.64 Å². The Hall–Kier alpha value is -3.55. The molecule has 2 aliphatic rings. The molecule has 8 heteroatoms. The van der Waals surface area contributed by atoms with E-state index in [-0.39, 0.29) is 17.2 Å². The van der Waals surface area contributed by atoms with Crippen LogP contribution in [0.25, 0.3) is 0 Å². The van der Waals surface area contributed by atoms with Crippen molar-refractivity contribution in [3.63, 3.8) is 0 Å². The van der Waals surface area contributed by atoms with Crippen molar-refractivity contribution in [3.8, 4) is 5.75 Å². The molecule has 1 aromatic carbocycles. The van der Waals surface area contributed by atoms with Crippen LogP contribution in [0.15, 0.2) is 53.9 Å². The second-order valence-corrected chi connectivity index (χ2v) is 6.07. The van der Waals surface area contributed by atoms with Crippen molar-refractivity contribution >= 4 is 23.5 Å². The number of hydrogen-bond donors (Lipinski definition) is 0. The van der Waals surface area contributed by atoms with Gasteiger partial charge in [-0.1, -0.05) is 6.08 Å². The molecule has 2 heterocycles. The number of amides is 1. The van der Waals surface area contributed by atoms with Gasteiger partial charge >= 0.3 is 11.9 Å². The van der Waals surface area contributed by atoms with Gasteiger partial charge in [0.2, 0.25) is 0 Å². The summed E-state index contributed by atoms with van der Waals surface area (Å²) in [6.45, 7) is 0.859. The van der Waals surface area contributed by atoms with Crippen LogP contribution in [-0.2, 0) is 19.1 Å². The normalized spacial score (nSPS) is 16.2. The van der Waals surface area contributed by atoms with Crippen LogP contribution in [0.4, 0.5) is 5.69 Å². The predicted octanol–water partition coefficient (Wildman–Crippen LogP) is 1.64. The molecule has 1 aromatic rings. The molecular weight excluding hydrogens is 364 g/mol. The van der Waals surface area contributed by atoms with Crippen LogP contribution in [0, 0.1) is 0 Å². The van der Waals surface area contributed by atoms with E-state index >= 15 is 0 Å². The Morgan fingerprint density at radius 3 is 2.57 bits per heavy atom. The Bertz CT molecular complexity index is 915. The second kappa shape index (κ2) is 7.99. The molecule has 8 nitrogen and oxygen atoms in total. The highest BCUT2D eigenvalue weighted by molar-refractivity contribution is 6.06. The molecule has 1 amide bonds. The molecule has 0 aromatic heterocycles. The Morgan fingerprint density at radius 2 is 1.86 bits per heavy atom. The van der Waals surface area contributed by atoms with Crippen LogP contribution in [0.3, 0.4) is 0 Å². The molecule has 0 N–H and O–H groups in total. The Kier molecular flexibility index (Phi) is 5.49. The van der Waals surface area contributed by atoms with Crippen LogP contribution in [0.2, 0.25) is 0 Å². The summed E-state index contributed by atoms with van der Waals surface area (Å²) in [6, 6.07) is 4.98. The van der Waals surface area contributed by atoms with E-state index in [0.717, 1.165) is 0 Å². The summed E-state index contributed by atoms with van der Waals surface area (Å²) in [6.07, 6.45) is 6.35. The largest absolute Gasteiger partial charge is 0.491 e. The number of methoxy groups -OCH3 is 2. The Labute approximate surface area is 162 Å². The summed E-state index contributed by atoms with van der Waals surface area (Å²) < 4.78 is 15.3. The number of fused-ring (bicyclic) bond motifs is 1. The minimum Gasteiger partial charge on any atom is -0.491 e. The van der Waals surface area contributed by atoms with Gasteiger partial charge < -0.3 is 24.0 Å². The molecule has 0 fully saturated rings. The summed E-state index contributed by atoms with van der Waals surface area (Å²) in [5, 5.41) is 0. The van der Waals surface area contributed by atoms with E-state index in [2.05, 4.69) is 0 Å². The number of carbonyl (C=O) groups excluding carboxylic acids is 3. The Balaban J connectivity index is 2.15. The molecule has 0 bridgehead atoms. The molecule has 2 aliphatic heterocycles. The maximum absolute atomic E-state index is 12.6. The zero-order valence-electron chi connectivity index (χ0n) is 15.8. The third-order valence-corrected chi connectivity index (χ3v) is 4.39. The SMILES string of the molecule is COC(=O)C1=C(C(=O)OC)N(c2ccc3c(c2)C(=O)N(C)CCO3)C=CC=C1. The van der Waals surface area contributed by atoms with Crippen LogP contribution in [0.1, 0.15) is 10.4 Å². The van der Waals surface area contributed by atoms with E-state index in [4.69, 9.17) is 14.2 Å². The molecule has 0 saturated heterocycles. The third-order valence-electron chi connectivity index (χ3n) is 4.39. The van der Waals surface area contributed by atoms with Crippen molar-refractivity contribution in [2.75, 3.05) is 39.3 Å². The van der Waals surface area contributed by atoms with Crippen LogP contribution in [-0.4, -0.2) is 57.2 Å². The standard InChI is InChI=1S/C20H20N2O6/c1-21-10-11-28-16-8-7-13(12-15(16)18(21)23)22-9-5-4-6-14(19(24)26-2)17(22)20(25)27-3/h4-9,12H,10-11H2,1-3H3. The van der Waals surface area contributed by atoms with Gasteiger partial charge in [0.15, 0.2) is 0 Å². The number of carbonyl (C=O) groups is 3. The fourth-order valence-corrected chi connectivity index (χ4v) is 2.93. The molecule has 0 radical (unpaired) electrons. The summed E-state index contributed by atoms with van der Waals surface area (Å²) in [7, 11) is 4.15. The van der Waals surface area contributed by atoms with E-state index in [1.807, 2.05) is 0 Å². The van der Waals surface area contributed by atoms with Crippen LogP contribution >= 0.6 is 0 Å². The average Bonchev–Trinajstić information content (AvgIpc) is 3.02. The van der Waals surface area contributed by atoms with Crippen molar-refractivity contribution in [1.29, 1.82) is 0 Å². The highest BCUT2D eigenvalue weighted by Crippen LogP contribution is 2.32. The summed E-state index contributed by atoms with van der Waals surface area (Å²) in [4.78, 5) is 40.4. The molecule has 3 rings (SSSR count). The minimum absolute atomic E-state index is 0.0188. The topological polar surface area (TPSA) is 85.4 Å². The lowest BCUT2D eigenvalue weighted by molar-refractivity contribution is -0.139. The number of benzene rings is 1. The van der Waals surface area contributed by atoms with Crippen molar-refractivity contribution in [3.05, 3.63) is 59.5 Å². The van der Waals surface area contributed by atoms with E-state index in [9.17, 15) is 14.4 Å². The number of ether oxygens (including phenoxy) is 3. The number of anilines is 1. The van der Waals surface area contributed by atoms with Gasteiger partial charge in [-0.15, -0.1) is 0 Å². The van der Waals surface area contributed by atoms with Crippen molar-refractivity contribution in [2.45, 2.75) is 0 Å². The van der Waals surface area contributed by atoms with Crippen LogP contribution in [0.5, 0.6) is 5.75 Å². The van der Waals surface area contributed by atoms with Gasteiger partial charge in [-0.05, 0) is 30.4 Å². The number of hydrogen-bond acceptors (Lipinski definition) is 7. The first-order chi connectivity index (χ1) is 13.5. The summed E-state index contributed by atoms with van der Waals surface area (Å²) in [5.41, 5.74) is 0.878. The van der Waals surface area contributed by atoms with Gasteiger partial charge in [-0.3, -0.25) is 4.79 Å². The number of allylic oxidation sites excluding steroid dienone is 2. The van der Waals surface area contributed by atoms with Gasteiger partial charge in [0.05, 0.1) is 31.9 Å². The van der Waals surface area contributed by atoms with Crippen molar-refractivity contribution < 1.29 is 28.6 Å². The smallest absolute Gasteiger partial charge is 0.355 e. The fourth-order valence-electron chi connectivity index (χ4n) is 2.93. The molecule has 0 saturated carbocycles. The fraction of sp³-hybridized carbons (Fsp3) is 0.250. The van der Waals surface area contributed by atoms with Gasteiger partial charge in [-0.2, -0.15) is 0 Å². The number of rotatable bonds is 3. The predicted molar refractivity (Wildman–Crippen MR) is 101 cm³/mol. The first-order valence-electron chi connectivity index (χ1n) is 8.55. The van der Waals surface area contributed by atoms with E-state index < -0.39 is 11.9 Å². The molecule has 0 aliphatic carbocycles. The maximum Gasteiger partial charge on any atom is 0.355 e. The summed E-state index contributed by atoms with van der Waals surface area (Å²) in [5.74, 6) is -1.12. The second-order valence-electron chi connectivity index (χ2n) is 6.07. The molecule has 28 heavy (non-hydrogen) atoms. The monoisotopic (exact) mass is 384 g/mol. The molecule has 0 spiro atoms. The van der Waals surface area contributed by atoms with E-state index in [1.165, 1.54) is 25.2 Å². The molecule has 0 unspecified atom stereocenters. The Morgan fingerprint density at radius 1 is 1.11 bits per heavy atom. The molecule has 0 atom stereocenters. The van der Waals surface area contributed by atoms with Crippen molar-refractivity contribution in [2.24, 2.45) is 0 Å². The first kappa shape index (κ1) is 19.2. The number of esters is 2. The van der Waals surface area contributed by atoms with Gasteiger partial charge in [0.1, 0.15) is 18.1 Å². The van der Waals surface area contributed by atoms with Gasteiger partial charge in [0.25, 0.3) is 5.91 Å². The number of likely N-dealkylation sites (N-methyl/N-ethyl adjacent to an activating group) is 1.